The smallest absolute Gasteiger partial charge is 0.243 e. The van der Waals surface area contributed by atoms with E-state index >= 15 is 0 Å². The summed E-state index contributed by atoms with van der Waals surface area (Å²) in [4.78, 5) is 31.9. The molecule has 0 spiro atoms. The summed E-state index contributed by atoms with van der Waals surface area (Å²) in [6.45, 7) is 6.17. The van der Waals surface area contributed by atoms with Crippen LogP contribution < -0.4 is 11.1 Å². The molecule has 206 valence electrons. The van der Waals surface area contributed by atoms with Gasteiger partial charge in [-0.15, -0.1) is 0 Å². The average Bonchev–Trinajstić information content (AvgIpc) is 3.37. The lowest BCUT2D eigenvalue weighted by molar-refractivity contribution is -0.117. The minimum absolute atomic E-state index is 0.115. The Balaban J connectivity index is 1.32. The average molecular weight is 549 g/mol. The van der Waals surface area contributed by atoms with Gasteiger partial charge in [-0.25, -0.2) is 14.4 Å². The van der Waals surface area contributed by atoms with E-state index in [9.17, 15) is 9.18 Å². The van der Waals surface area contributed by atoms with Crippen LogP contribution in [0.25, 0.3) is 39.5 Å². The van der Waals surface area contributed by atoms with Crippen molar-refractivity contribution >= 4 is 22.8 Å². The molecule has 9 nitrogen and oxygen atoms in total. The SMILES string of the molecule is C=CC(=O)NC1CCN(Cc2ccc(-n3c(-c4cccnc4N)nc4cnc(-c5ccc(F)cn5)cc43)cc2)CC1. The van der Waals surface area contributed by atoms with Gasteiger partial charge in [-0.05, 0) is 66.9 Å². The van der Waals surface area contributed by atoms with Crippen LogP contribution in [0.2, 0.25) is 0 Å². The third-order valence-electron chi connectivity index (χ3n) is 7.33. The van der Waals surface area contributed by atoms with Gasteiger partial charge in [0, 0.05) is 37.6 Å². The first-order valence-electron chi connectivity index (χ1n) is 13.4. The number of likely N-dealkylation sites (tertiary alicyclic amines) is 1. The molecule has 10 heteroatoms. The highest BCUT2D eigenvalue weighted by atomic mass is 19.1. The van der Waals surface area contributed by atoms with Crippen molar-refractivity contribution in [3.63, 3.8) is 0 Å². The number of piperidine rings is 1. The number of benzene rings is 1. The van der Waals surface area contributed by atoms with Gasteiger partial charge in [-0.1, -0.05) is 18.7 Å². The first-order valence-corrected chi connectivity index (χ1v) is 13.4. The molecule has 0 bridgehead atoms. The molecular formula is C31H29FN8O. The van der Waals surface area contributed by atoms with Crippen LogP contribution in [0.5, 0.6) is 0 Å². The van der Waals surface area contributed by atoms with Crippen LogP contribution in [0.1, 0.15) is 18.4 Å². The number of anilines is 1. The standard InChI is InChI=1S/C31H29FN8O/c1-2-29(41)37-22-11-14-39(15-12-22)19-20-5-8-23(9-6-20)40-28-16-26(25-10-7-21(32)17-35-25)36-18-27(28)38-31(40)24-4-3-13-34-30(24)33/h2-10,13,16-18,22H,1,11-12,14-15,19H2,(H2,33,34)(H,37,41). The van der Waals surface area contributed by atoms with Crippen molar-refractivity contribution in [1.29, 1.82) is 0 Å². The van der Waals surface area contributed by atoms with Crippen LogP contribution in [0.15, 0.2) is 85.8 Å². The Morgan fingerprint density at radius 3 is 2.54 bits per heavy atom. The van der Waals surface area contributed by atoms with Crippen molar-refractivity contribution < 1.29 is 9.18 Å². The maximum Gasteiger partial charge on any atom is 0.243 e. The van der Waals surface area contributed by atoms with E-state index in [0.717, 1.165) is 43.7 Å². The summed E-state index contributed by atoms with van der Waals surface area (Å²) in [6, 6.07) is 17.2. The number of nitrogens with two attached hydrogens (primary N) is 1. The van der Waals surface area contributed by atoms with Crippen LogP contribution in [-0.4, -0.2) is 54.4 Å². The Morgan fingerprint density at radius 2 is 1.83 bits per heavy atom. The molecule has 41 heavy (non-hydrogen) atoms. The molecule has 0 atom stereocenters. The topological polar surface area (TPSA) is 115 Å². The van der Waals surface area contributed by atoms with E-state index in [2.05, 4.69) is 56.0 Å². The molecule has 1 aromatic carbocycles. The summed E-state index contributed by atoms with van der Waals surface area (Å²) < 4.78 is 15.5. The third kappa shape index (κ3) is 5.55. The number of halogens is 1. The maximum atomic E-state index is 13.5. The number of fused-ring (bicyclic) bond motifs is 1. The fourth-order valence-corrected chi connectivity index (χ4v) is 5.20. The number of rotatable bonds is 7. The van der Waals surface area contributed by atoms with Crippen LogP contribution in [-0.2, 0) is 11.3 Å². The molecule has 3 N–H and O–H groups in total. The van der Waals surface area contributed by atoms with Crippen LogP contribution in [0.4, 0.5) is 10.2 Å². The zero-order chi connectivity index (χ0) is 28.3. The Labute approximate surface area is 236 Å². The van der Waals surface area contributed by atoms with Crippen molar-refractivity contribution in [3.8, 4) is 28.5 Å². The van der Waals surface area contributed by atoms with Gasteiger partial charge in [-0.3, -0.25) is 24.2 Å². The number of amides is 1. The fraction of sp³-hybridized carbons (Fsp3) is 0.194. The van der Waals surface area contributed by atoms with E-state index in [1.54, 1.807) is 18.5 Å². The van der Waals surface area contributed by atoms with Crippen LogP contribution >= 0.6 is 0 Å². The molecule has 0 saturated carbocycles. The quantitative estimate of drug-likeness (QED) is 0.287. The zero-order valence-corrected chi connectivity index (χ0v) is 22.4. The van der Waals surface area contributed by atoms with Gasteiger partial charge in [0.25, 0.3) is 0 Å². The van der Waals surface area contributed by atoms with Crippen molar-refractivity contribution in [2.75, 3.05) is 18.8 Å². The summed E-state index contributed by atoms with van der Waals surface area (Å²) in [5, 5.41) is 3.00. The van der Waals surface area contributed by atoms with E-state index < -0.39 is 5.82 Å². The van der Waals surface area contributed by atoms with E-state index in [1.807, 2.05) is 22.8 Å². The monoisotopic (exact) mass is 548 g/mol. The predicted molar refractivity (Wildman–Crippen MR) is 156 cm³/mol. The first kappa shape index (κ1) is 26.3. The molecule has 1 aliphatic heterocycles. The van der Waals surface area contributed by atoms with Gasteiger partial charge in [0.05, 0.1) is 34.9 Å². The lowest BCUT2D eigenvalue weighted by atomic mass is 10.0. The molecule has 5 heterocycles. The molecule has 1 aliphatic rings. The highest BCUT2D eigenvalue weighted by Gasteiger charge is 2.21. The van der Waals surface area contributed by atoms with Gasteiger partial charge in [0.15, 0.2) is 0 Å². The van der Waals surface area contributed by atoms with Gasteiger partial charge in [0.2, 0.25) is 5.91 Å². The maximum absolute atomic E-state index is 13.5. The molecule has 1 saturated heterocycles. The largest absolute Gasteiger partial charge is 0.383 e. The summed E-state index contributed by atoms with van der Waals surface area (Å²) >= 11 is 0. The van der Waals surface area contributed by atoms with Gasteiger partial charge in [-0.2, -0.15) is 0 Å². The molecule has 5 aromatic rings. The highest BCUT2D eigenvalue weighted by molar-refractivity contribution is 5.87. The molecule has 1 fully saturated rings. The second-order valence-corrected chi connectivity index (χ2v) is 10.1. The van der Waals surface area contributed by atoms with E-state index in [0.29, 0.717) is 34.1 Å². The van der Waals surface area contributed by atoms with Gasteiger partial charge >= 0.3 is 0 Å². The molecular weight excluding hydrogens is 519 g/mol. The summed E-state index contributed by atoms with van der Waals surface area (Å²) in [7, 11) is 0. The van der Waals surface area contributed by atoms with E-state index in [1.165, 1.54) is 23.9 Å². The van der Waals surface area contributed by atoms with Crippen molar-refractivity contribution in [1.82, 2.24) is 34.7 Å². The molecule has 0 unspecified atom stereocenters. The number of aromatic nitrogens is 5. The number of hydrogen-bond donors (Lipinski definition) is 2. The molecule has 0 aliphatic carbocycles. The number of hydrogen-bond acceptors (Lipinski definition) is 7. The van der Waals surface area contributed by atoms with Crippen LogP contribution in [0.3, 0.4) is 0 Å². The molecule has 1 amide bonds. The Bertz CT molecular complexity index is 1710. The van der Waals surface area contributed by atoms with Crippen molar-refractivity contribution in [2.24, 2.45) is 0 Å². The third-order valence-corrected chi connectivity index (χ3v) is 7.33. The second kappa shape index (κ2) is 11.3. The van der Waals surface area contributed by atoms with E-state index in [-0.39, 0.29) is 11.9 Å². The molecule has 4 aromatic heterocycles. The number of nitrogen functional groups attached to an aromatic ring is 1. The predicted octanol–water partition coefficient (Wildman–Crippen LogP) is 4.53. The lowest BCUT2D eigenvalue weighted by Gasteiger charge is -2.32. The number of nitrogens with zero attached hydrogens (tertiary/aromatic N) is 6. The number of carbonyl (C=O) groups is 1. The number of imidazole rings is 1. The number of pyridine rings is 3. The molecule has 6 rings (SSSR count). The minimum atomic E-state index is -0.405. The Hall–Kier alpha value is -4.96. The summed E-state index contributed by atoms with van der Waals surface area (Å²) in [6.07, 6.45) is 7.66. The minimum Gasteiger partial charge on any atom is -0.383 e. The highest BCUT2D eigenvalue weighted by Crippen LogP contribution is 2.32. The summed E-state index contributed by atoms with van der Waals surface area (Å²) in [5.74, 6) is 0.503. The normalized spacial score (nSPS) is 14.3. The van der Waals surface area contributed by atoms with Crippen molar-refractivity contribution in [3.05, 3.63) is 97.2 Å². The number of nitrogens with one attached hydrogen (secondary N) is 1. The fourth-order valence-electron chi connectivity index (χ4n) is 5.20. The van der Waals surface area contributed by atoms with Crippen LogP contribution in [0, 0.1) is 5.82 Å². The molecule has 0 radical (unpaired) electrons. The second-order valence-electron chi connectivity index (χ2n) is 10.1. The Kier molecular flexibility index (Phi) is 7.22. The van der Waals surface area contributed by atoms with Gasteiger partial charge < -0.3 is 11.1 Å². The summed E-state index contributed by atoms with van der Waals surface area (Å²) in [5.41, 5.74) is 11.7. The van der Waals surface area contributed by atoms with Crippen molar-refractivity contribution in [2.45, 2.75) is 25.4 Å². The Morgan fingerprint density at radius 1 is 1.05 bits per heavy atom. The zero-order valence-electron chi connectivity index (χ0n) is 22.4. The lowest BCUT2D eigenvalue weighted by Crippen LogP contribution is -2.43. The number of carbonyl (C=O) groups excluding carboxylic acids is 1. The first-order chi connectivity index (χ1) is 20.0. The van der Waals surface area contributed by atoms with E-state index in [4.69, 9.17) is 10.7 Å². The van der Waals surface area contributed by atoms with Gasteiger partial charge in [0.1, 0.15) is 23.0 Å².